The molecule has 1 aromatic carbocycles. The predicted octanol–water partition coefficient (Wildman–Crippen LogP) is 4.92. The average Bonchev–Trinajstić information content (AvgIpc) is 3.11. The minimum Gasteiger partial charge on any atom is -0.230 e. The van der Waals surface area contributed by atoms with Crippen LogP contribution in [-0.2, 0) is 16.0 Å². The molecule has 0 spiro atoms. The van der Waals surface area contributed by atoms with Crippen molar-refractivity contribution in [3.05, 3.63) is 54.0 Å². The monoisotopic (exact) mass is 434 g/mol. The number of alkyl halides is 3. The van der Waals surface area contributed by atoms with Crippen LogP contribution in [0.3, 0.4) is 0 Å². The number of rotatable bonds is 4. The molecule has 27 heavy (non-hydrogen) atoms. The third kappa shape index (κ3) is 3.99. The van der Waals surface area contributed by atoms with Crippen molar-refractivity contribution >= 4 is 32.9 Å². The molecule has 0 amide bonds. The number of hydrogen-bond acceptors (Lipinski definition) is 6. The van der Waals surface area contributed by atoms with Crippen molar-refractivity contribution in [1.82, 2.24) is 9.97 Å². The summed E-state index contributed by atoms with van der Waals surface area (Å²) in [6.07, 6.45) is -2.39. The number of benzene rings is 1. The summed E-state index contributed by atoms with van der Waals surface area (Å²) in [5.41, 5.74) is -1.43. The molecule has 142 valence electrons. The van der Waals surface area contributed by atoms with E-state index in [4.69, 9.17) is 0 Å². The summed E-state index contributed by atoms with van der Waals surface area (Å²) in [5.74, 6) is -0.596. The van der Waals surface area contributed by atoms with Gasteiger partial charge in [-0.25, -0.2) is 22.8 Å². The fraction of sp³-hybridized carbons (Fsp3) is 0.125. The van der Waals surface area contributed by atoms with E-state index in [-0.39, 0.29) is 24.8 Å². The third-order valence-electron chi connectivity index (χ3n) is 3.46. The maximum Gasteiger partial charge on any atom is 0.420 e. The Kier molecular flexibility index (Phi) is 5.28. The first kappa shape index (κ1) is 19.8. The van der Waals surface area contributed by atoms with Crippen LogP contribution in [0.15, 0.2) is 56.9 Å². The Morgan fingerprint density at radius 2 is 1.74 bits per heavy atom. The first-order chi connectivity index (χ1) is 12.6. The summed E-state index contributed by atoms with van der Waals surface area (Å²) in [7, 11) is -3.98. The fourth-order valence-electron chi connectivity index (χ4n) is 2.18. The van der Waals surface area contributed by atoms with Crippen LogP contribution >= 0.6 is 23.1 Å². The SMILES string of the molecule is CSc1ncc(C(F)(F)F)c(-c2ccc(S(=O)(=O)c3ccc(F)cc3)s2)n1. The maximum atomic E-state index is 13.3. The van der Waals surface area contributed by atoms with Crippen LogP contribution in [0.4, 0.5) is 17.6 Å². The van der Waals surface area contributed by atoms with Gasteiger partial charge in [0.2, 0.25) is 9.84 Å². The van der Waals surface area contributed by atoms with E-state index in [9.17, 15) is 26.0 Å². The molecule has 2 aromatic heterocycles. The van der Waals surface area contributed by atoms with E-state index in [0.29, 0.717) is 17.5 Å². The molecule has 3 rings (SSSR count). The Balaban J connectivity index is 2.10. The second-order valence-corrected chi connectivity index (χ2v) is 9.23. The molecular formula is C16H10F4N2O2S3. The lowest BCUT2D eigenvalue weighted by atomic mass is 10.2. The first-order valence-electron chi connectivity index (χ1n) is 7.22. The van der Waals surface area contributed by atoms with Gasteiger partial charge in [0, 0.05) is 6.20 Å². The van der Waals surface area contributed by atoms with E-state index >= 15 is 0 Å². The van der Waals surface area contributed by atoms with Crippen molar-refractivity contribution in [3.63, 3.8) is 0 Å². The van der Waals surface area contributed by atoms with Gasteiger partial charge >= 0.3 is 6.18 Å². The Morgan fingerprint density at radius 3 is 2.33 bits per heavy atom. The summed E-state index contributed by atoms with van der Waals surface area (Å²) in [6.45, 7) is 0. The molecule has 0 aliphatic heterocycles. The van der Waals surface area contributed by atoms with Crippen molar-refractivity contribution in [2.45, 2.75) is 20.4 Å². The Bertz CT molecular complexity index is 1080. The first-order valence-corrected chi connectivity index (χ1v) is 10.7. The van der Waals surface area contributed by atoms with Crippen LogP contribution in [0.5, 0.6) is 0 Å². The lowest BCUT2D eigenvalue weighted by Gasteiger charge is -2.11. The average molecular weight is 434 g/mol. The number of thioether (sulfide) groups is 1. The van der Waals surface area contributed by atoms with Crippen LogP contribution in [0.25, 0.3) is 10.6 Å². The highest BCUT2D eigenvalue weighted by atomic mass is 32.2. The number of sulfone groups is 1. The normalized spacial score (nSPS) is 12.3. The molecular weight excluding hydrogens is 424 g/mol. The van der Waals surface area contributed by atoms with Gasteiger partial charge in [0.05, 0.1) is 15.5 Å². The number of hydrogen-bond donors (Lipinski definition) is 0. The van der Waals surface area contributed by atoms with Gasteiger partial charge < -0.3 is 0 Å². The van der Waals surface area contributed by atoms with Crippen molar-refractivity contribution in [2.24, 2.45) is 0 Å². The molecule has 0 N–H and O–H groups in total. The van der Waals surface area contributed by atoms with Crippen LogP contribution in [0, 0.1) is 5.82 Å². The van der Waals surface area contributed by atoms with Crippen LogP contribution in [-0.4, -0.2) is 24.6 Å². The zero-order valence-corrected chi connectivity index (χ0v) is 15.9. The largest absolute Gasteiger partial charge is 0.420 e. The predicted molar refractivity (Wildman–Crippen MR) is 94.0 cm³/mol. The Hall–Kier alpha value is -1.98. The van der Waals surface area contributed by atoms with Crippen molar-refractivity contribution in [1.29, 1.82) is 0 Å². The Morgan fingerprint density at radius 1 is 1.07 bits per heavy atom. The van der Waals surface area contributed by atoms with Gasteiger partial charge in [0.15, 0.2) is 5.16 Å². The maximum absolute atomic E-state index is 13.3. The number of thiophene rings is 1. The molecule has 0 fully saturated rings. The number of nitrogens with zero attached hydrogens (tertiary/aromatic N) is 2. The molecule has 2 heterocycles. The quantitative estimate of drug-likeness (QED) is 0.253. The molecule has 0 atom stereocenters. The van der Waals surface area contributed by atoms with Gasteiger partial charge in [-0.15, -0.1) is 11.3 Å². The lowest BCUT2D eigenvalue weighted by molar-refractivity contribution is -0.137. The molecule has 0 bridgehead atoms. The third-order valence-corrected chi connectivity index (χ3v) is 7.37. The molecule has 0 aliphatic carbocycles. The van der Waals surface area contributed by atoms with Gasteiger partial charge in [-0.05, 0) is 42.7 Å². The van der Waals surface area contributed by atoms with Gasteiger partial charge in [-0.3, -0.25) is 0 Å². The minimum absolute atomic E-state index is 0.0423. The molecule has 4 nitrogen and oxygen atoms in total. The van der Waals surface area contributed by atoms with Gasteiger partial charge in [0.1, 0.15) is 15.6 Å². The molecule has 0 radical (unpaired) electrons. The molecule has 0 unspecified atom stereocenters. The highest BCUT2D eigenvalue weighted by Crippen LogP contribution is 2.40. The smallest absolute Gasteiger partial charge is 0.230 e. The van der Waals surface area contributed by atoms with Gasteiger partial charge in [-0.1, -0.05) is 11.8 Å². The van der Waals surface area contributed by atoms with E-state index in [1.165, 1.54) is 12.1 Å². The molecule has 0 saturated carbocycles. The van der Waals surface area contributed by atoms with E-state index in [0.717, 1.165) is 36.0 Å². The van der Waals surface area contributed by atoms with Gasteiger partial charge in [0.25, 0.3) is 0 Å². The van der Waals surface area contributed by atoms with Crippen LogP contribution in [0.1, 0.15) is 5.56 Å². The highest BCUT2D eigenvalue weighted by molar-refractivity contribution is 7.98. The van der Waals surface area contributed by atoms with Crippen molar-refractivity contribution in [2.75, 3.05) is 6.26 Å². The second-order valence-electron chi connectivity index (χ2n) is 5.19. The van der Waals surface area contributed by atoms with Gasteiger partial charge in [-0.2, -0.15) is 13.2 Å². The lowest BCUT2D eigenvalue weighted by Crippen LogP contribution is -2.09. The van der Waals surface area contributed by atoms with Crippen molar-refractivity contribution in [3.8, 4) is 10.6 Å². The summed E-state index contributed by atoms with van der Waals surface area (Å²) in [5, 5.41) is 0.134. The van der Waals surface area contributed by atoms with E-state index in [2.05, 4.69) is 9.97 Å². The van der Waals surface area contributed by atoms with Crippen LogP contribution < -0.4 is 0 Å². The zero-order valence-electron chi connectivity index (χ0n) is 13.5. The topological polar surface area (TPSA) is 59.9 Å². The summed E-state index contributed by atoms with van der Waals surface area (Å²) < 4.78 is 77.9. The Labute approximate surface area is 160 Å². The fourth-order valence-corrected chi connectivity index (χ4v) is 5.23. The molecule has 0 saturated heterocycles. The summed E-state index contributed by atoms with van der Waals surface area (Å²) in [4.78, 5) is 7.44. The highest BCUT2D eigenvalue weighted by Gasteiger charge is 2.36. The van der Waals surface area contributed by atoms with Crippen molar-refractivity contribution < 1.29 is 26.0 Å². The number of aromatic nitrogens is 2. The standard InChI is InChI=1S/C16H10F4N2O2S3/c1-25-15-21-8-11(16(18,19)20)14(22-15)12-6-7-13(26-12)27(23,24)10-4-2-9(17)3-5-10/h2-8H,1H3. The molecule has 0 aliphatic rings. The number of halogens is 4. The van der Waals surface area contributed by atoms with E-state index in [1.807, 2.05) is 0 Å². The molecule has 3 aromatic rings. The summed E-state index contributed by atoms with van der Waals surface area (Å²) in [6, 6.07) is 6.67. The van der Waals surface area contributed by atoms with E-state index in [1.54, 1.807) is 6.26 Å². The minimum atomic E-state index is -4.69. The zero-order chi connectivity index (χ0) is 19.8. The van der Waals surface area contributed by atoms with Crippen LogP contribution in [0.2, 0.25) is 0 Å². The summed E-state index contributed by atoms with van der Waals surface area (Å²) >= 11 is 1.73. The molecule has 11 heteroatoms. The van der Waals surface area contributed by atoms with E-state index < -0.39 is 27.4 Å². The second kappa shape index (κ2) is 7.21.